The van der Waals surface area contributed by atoms with Gasteiger partial charge in [0.25, 0.3) is 0 Å². The second kappa shape index (κ2) is 12.6. The van der Waals surface area contributed by atoms with Gasteiger partial charge in [0.15, 0.2) is 0 Å². The predicted molar refractivity (Wildman–Crippen MR) is 197 cm³/mol. The Morgan fingerprint density at radius 3 is 1.46 bits per heavy atom. The van der Waals surface area contributed by atoms with E-state index in [1.165, 1.54) is 33.4 Å². The van der Waals surface area contributed by atoms with Gasteiger partial charge in [0.1, 0.15) is 0 Å². The summed E-state index contributed by atoms with van der Waals surface area (Å²) in [5, 5.41) is 0. The molecule has 2 aliphatic carbocycles. The van der Waals surface area contributed by atoms with Gasteiger partial charge in [-0.1, -0.05) is 0 Å². The second-order valence-electron chi connectivity index (χ2n) is 16.2. The van der Waals surface area contributed by atoms with Crippen LogP contribution in [-0.2, 0) is 32.1 Å². The Labute approximate surface area is 286 Å². The Morgan fingerprint density at radius 1 is 0.609 bits per heavy atom. The van der Waals surface area contributed by atoms with Gasteiger partial charge in [-0.3, -0.25) is 0 Å². The number of fused-ring (bicyclic) bond motifs is 3. The van der Waals surface area contributed by atoms with Crippen molar-refractivity contribution >= 4 is 3.21 Å². The van der Waals surface area contributed by atoms with Crippen LogP contribution in [-0.4, -0.2) is 3.21 Å². The summed E-state index contributed by atoms with van der Waals surface area (Å²) in [5.74, 6) is 1.51. The summed E-state index contributed by atoms with van der Waals surface area (Å²) in [6.45, 7) is 23.9. The molecule has 2 aliphatic rings. The van der Waals surface area contributed by atoms with E-state index in [-0.39, 0.29) is 10.8 Å². The van der Waals surface area contributed by atoms with Crippen LogP contribution in [0.25, 0.3) is 11.1 Å². The Kier molecular flexibility index (Phi) is 9.06. The van der Waals surface area contributed by atoms with Crippen LogP contribution < -0.4 is 0 Å². The van der Waals surface area contributed by atoms with Crippen LogP contribution in [0, 0.1) is 17.8 Å². The van der Waals surface area contributed by atoms with Gasteiger partial charge in [-0.15, -0.1) is 0 Å². The van der Waals surface area contributed by atoms with Gasteiger partial charge in [0.2, 0.25) is 0 Å². The summed E-state index contributed by atoms with van der Waals surface area (Å²) >= 11 is -2.93. The zero-order valence-corrected chi connectivity index (χ0v) is 32.2. The normalized spacial score (nSPS) is 16.4. The molecular weight excluding hydrogens is 632 g/mol. The van der Waals surface area contributed by atoms with E-state index in [0.717, 1.165) is 0 Å². The van der Waals surface area contributed by atoms with Crippen LogP contribution in [0.5, 0.6) is 0 Å². The molecule has 6 rings (SSSR count). The van der Waals surface area contributed by atoms with Gasteiger partial charge in [0, 0.05) is 0 Å². The van der Waals surface area contributed by atoms with Gasteiger partial charge in [0.05, 0.1) is 0 Å². The van der Waals surface area contributed by atoms with Crippen molar-refractivity contribution in [2.75, 3.05) is 0 Å². The van der Waals surface area contributed by atoms with E-state index in [4.69, 9.17) is 0 Å². The van der Waals surface area contributed by atoms with Gasteiger partial charge in [-0.05, 0) is 0 Å². The first-order valence-corrected chi connectivity index (χ1v) is 21.2. The van der Waals surface area contributed by atoms with Crippen molar-refractivity contribution in [3.8, 4) is 11.1 Å². The summed E-state index contributed by atoms with van der Waals surface area (Å²) in [6, 6.07) is 37.8. The molecule has 0 heterocycles. The summed E-state index contributed by atoms with van der Waals surface area (Å²) in [7, 11) is 0. The molecule has 4 aromatic carbocycles. The molecule has 0 N–H and O–H groups in total. The maximum atomic E-state index is 2.62. The third kappa shape index (κ3) is 6.10. The van der Waals surface area contributed by atoms with Crippen LogP contribution in [0.2, 0.25) is 0 Å². The second-order valence-corrected chi connectivity index (χ2v) is 22.2. The molecule has 4 aromatic rings. The van der Waals surface area contributed by atoms with E-state index in [0.29, 0.717) is 21.4 Å². The molecule has 1 unspecified atom stereocenters. The first-order chi connectivity index (χ1) is 21.8. The molecule has 1 atom stereocenters. The van der Waals surface area contributed by atoms with Crippen molar-refractivity contribution in [3.05, 3.63) is 151 Å². The fourth-order valence-electron chi connectivity index (χ4n) is 7.61. The molecule has 0 radical (unpaired) electrons. The van der Waals surface area contributed by atoms with Crippen LogP contribution in [0.15, 0.2) is 118 Å². The summed E-state index contributed by atoms with van der Waals surface area (Å²) in [4.78, 5) is 0. The molecule has 0 bridgehead atoms. The van der Waals surface area contributed by atoms with Gasteiger partial charge in [-0.25, -0.2) is 0 Å². The van der Waals surface area contributed by atoms with Crippen LogP contribution in [0.1, 0.15) is 106 Å². The SMILES string of the molecule is CC(C)C1=[C]([Zr](=[C](c2ccccc2)c2ccccc2)[CH]2c3cc(C(C)(C)C)ccc3-c3ccc(C(C)(C)C)cc32)C(C(C)C)C=C1. The van der Waals surface area contributed by atoms with Crippen molar-refractivity contribution in [3.63, 3.8) is 0 Å². The summed E-state index contributed by atoms with van der Waals surface area (Å²) < 4.78 is 3.83. The third-order valence-electron chi connectivity index (χ3n) is 10.2. The Bertz CT molecular complexity index is 1730. The topological polar surface area (TPSA) is 0 Å². The molecule has 0 aliphatic heterocycles. The van der Waals surface area contributed by atoms with Crippen LogP contribution >= 0.6 is 0 Å². The molecular formula is C45H52Zr. The summed E-state index contributed by atoms with van der Waals surface area (Å²) in [5.41, 5.74) is 13.5. The van der Waals surface area contributed by atoms with Gasteiger partial charge < -0.3 is 0 Å². The average Bonchev–Trinajstić information content (AvgIpc) is 3.59. The van der Waals surface area contributed by atoms with E-state index in [1.807, 2.05) is 0 Å². The van der Waals surface area contributed by atoms with Crippen LogP contribution in [0.4, 0.5) is 0 Å². The van der Waals surface area contributed by atoms with E-state index in [9.17, 15) is 0 Å². The molecule has 0 spiro atoms. The quantitative estimate of drug-likeness (QED) is 0.190. The van der Waals surface area contributed by atoms with E-state index in [1.54, 1.807) is 23.2 Å². The minimum atomic E-state index is -2.93. The van der Waals surface area contributed by atoms with E-state index < -0.39 is 21.3 Å². The molecule has 46 heavy (non-hydrogen) atoms. The van der Waals surface area contributed by atoms with E-state index >= 15 is 0 Å². The molecule has 236 valence electrons. The monoisotopic (exact) mass is 682 g/mol. The minimum absolute atomic E-state index is 0.0809. The molecule has 0 fully saturated rings. The number of rotatable bonds is 6. The summed E-state index contributed by atoms with van der Waals surface area (Å²) in [6.07, 6.45) is 5.09. The van der Waals surface area contributed by atoms with Crippen molar-refractivity contribution < 1.29 is 21.3 Å². The molecule has 1 heteroatoms. The average molecular weight is 684 g/mol. The van der Waals surface area contributed by atoms with Crippen molar-refractivity contribution in [2.45, 2.75) is 83.7 Å². The standard InChI is InChI=1S/C21H25.C13H10.C11H17.Zr/c1-20(2,3)16-7-9-18-14(12-16)11-15-13-17(21(4,5)6)8-10-19(15)18;1-3-7-12(8-4-1)11-13-9-5-2-6-10-13;1-8(2)10-5-6-11(7-10)9(3)4;/h7-13H,1-6H3;1-10H;5-6,8-10H,1-4H3;. The Balaban J connectivity index is 1.83. The zero-order chi connectivity index (χ0) is 33.0. The fraction of sp³-hybridized carbons (Fsp3) is 0.356. The third-order valence-corrected chi connectivity index (χ3v) is 18.8. The zero-order valence-electron chi connectivity index (χ0n) is 29.7. The number of hydrogen-bond acceptors (Lipinski definition) is 0. The predicted octanol–water partition coefficient (Wildman–Crippen LogP) is 12.0. The molecule has 0 amide bonds. The first kappa shape index (κ1) is 33.0. The fourth-order valence-corrected chi connectivity index (χ4v) is 18.4. The van der Waals surface area contributed by atoms with E-state index in [2.05, 4.69) is 178 Å². The molecule has 0 nitrogen and oxygen atoms in total. The number of allylic oxidation sites excluding steroid dienone is 4. The molecule has 0 saturated heterocycles. The number of hydrogen-bond donors (Lipinski definition) is 0. The van der Waals surface area contributed by atoms with Crippen LogP contribution in [0.3, 0.4) is 0 Å². The first-order valence-electron chi connectivity index (χ1n) is 17.3. The number of benzene rings is 4. The van der Waals surface area contributed by atoms with Gasteiger partial charge >= 0.3 is 288 Å². The van der Waals surface area contributed by atoms with Gasteiger partial charge in [-0.2, -0.15) is 0 Å². The molecule has 0 aromatic heterocycles. The Morgan fingerprint density at radius 2 is 1.07 bits per heavy atom. The molecule has 0 saturated carbocycles. The van der Waals surface area contributed by atoms with Crippen molar-refractivity contribution in [2.24, 2.45) is 17.8 Å². The van der Waals surface area contributed by atoms with Crippen molar-refractivity contribution in [1.82, 2.24) is 0 Å². The Hall–Kier alpha value is -2.89. The van der Waals surface area contributed by atoms with Crippen molar-refractivity contribution in [1.29, 1.82) is 0 Å². The maximum absolute atomic E-state index is 2.93.